The summed E-state index contributed by atoms with van der Waals surface area (Å²) in [6.45, 7) is 0.691. The Bertz CT molecular complexity index is 595. The minimum absolute atomic E-state index is 0.259. The second-order valence-electron chi connectivity index (χ2n) is 3.99. The largest absolute Gasteiger partial charge is 0.364 e. The van der Waals surface area contributed by atoms with E-state index >= 15 is 0 Å². The van der Waals surface area contributed by atoms with E-state index in [2.05, 4.69) is 32.4 Å². The first-order valence-corrected chi connectivity index (χ1v) is 6.07. The highest BCUT2D eigenvalue weighted by Crippen LogP contribution is 2.31. The van der Waals surface area contributed by atoms with Crippen molar-refractivity contribution in [2.45, 2.75) is 13.0 Å². The summed E-state index contributed by atoms with van der Waals surface area (Å²) in [7, 11) is 0. The van der Waals surface area contributed by atoms with Crippen molar-refractivity contribution in [2.75, 3.05) is 5.32 Å². The quantitative estimate of drug-likeness (QED) is 0.861. The van der Waals surface area contributed by atoms with E-state index in [1.54, 1.807) is 0 Å². The predicted octanol–water partition coefficient (Wildman–Crippen LogP) is 3.00. The van der Waals surface area contributed by atoms with Crippen LogP contribution in [0, 0.1) is 0 Å². The second kappa shape index (κ2) is 4.74. The molecule has 4 nitrogen and oxygen atoms in total. The van der Waals surface area contributed by atoms with Crippen molar-refractivity contribution in [1.29, 1.82) is 0 Å². The summed E-state index contributed by atoms with van der Waals surface area (Å²) in [5.41, 5.74) is 2.86. The van der Waals surface area contributed by atoms with E-state index in [1.807, 2.05) is 24.4 Å². The number of halogens is 1. The molecule has 0 aliphatic carbocycles. The first-order valence-electron chi connectivity index (χ1n) is 5.69. The molecule has 5 heteroatoms. The molecular weight excluding hydrogens is 248 g/mol. The minimum atomic E-state index is 0.259. The number of aliphatic imine (C=N–C) groups is 1. The normalized spacial score (nSPS) is 12.5. The summed E-state index contributed by atoms with van der Waals surface area (Å²) in [4.78, 5) is 12.6. The molecule has 90 valence electrons. The fraction of sp³-hybridized carbons (Fsp3) is 0.154. The van der Waals surface area contributed by atoms with Gasteiger partial charge in [-0.3, -0.25) is 4.99 Å². The fourth-order valence-corrected chi connectivity index (χ4v) is 2.06. The van der Waals surface area contributed by atoms with Crippen molar-refractivity contribution < 1.29 is 0 Å². The Hall–Kier alpha value is -1.94. The summed E-state index contributed by atoms with van der Waals surface area (Å²) in [5.74, 6) is 0.697. The molecule has 0 unspecified atom stereocenters. The molecule has 0 fully saturated rings. The predicted molar refractivity (Wildman–Crippen MR) is 72.7 cm³/mol. The van der Waals surface area contributed by atoms with Crippen molar-refractivity contribution in [3.63, 3.8) is 0 Å². The smallest absolute Gasteiger partial charge is 0.224 e. The molecule has 0 atom stereocenters. The third-order valence-electron chi connectivity index (χ3n) is 2.74. The van der Waals surface area contributed by atoms with E-state index in [-0.39, 0.29) is 5.28 Å². The van der Waals surface area contributed by atoms with Gasteiger partial charge in [-0.25, -0.2) is 4.98 Å². The van der Waals surface area contributed by atoms with E-state index in [0.717, 1.165) is 17.8 Å². The van der Waals surface area contributed by atoms with Crippen molar-refractivity contribution >= 4 is 29.3 Å². The van der Waals surface area contributed by atoms with Crippen molar-refractivity contribution in [2.24, 2.45) is 4.99 Å². The molecule has 1 N–H and O–H groups in total. The highest BCUT2D eigenvalue weighted by Gasteiger charge is 2.15. The zero-order valence-corrected chi connectivity index (χ0v) is 10.4. The first-order chi connectivity index (χ1) is 8.83. The molecule has 3 rings (SSSR count). The number of hydrogen-bond acceptors (Lipinski definition) is 4. The van der Waals surface area contributed by atoms with Gasteiger partial charge in [0.15, 0.2) is 5.82 Å². The number of rotatable bonds is 3. The van der Waals surface area contributed by atoms with Gasteiger partial charge < -0.3 is 5.32 Å². The second-order valence-corrected chi connectivity index (χ2v) is 4.33. The van der Waals surface area contributed by atoms with E-state index in [4.69, 9.17) is 11.6 Å². The zero-order valence-electron chi connectivity index (χ0n) is 9.60. The molecule has 1 aliphatic rings. The van der Waals surface area contributed by atoms with Gasteiger partial charge in [-0.15, -0.1) is 0 Å². The Labute approximate surface area is 110 Å². The lowest BCUT2D eigenvalue weighted by Crippen LogP contribution is -2.03. The van der Waals surface area contributed by atoms with Crippen LogP contribution in [0.1, 0.15) is 11.3 Å². The lowest BCUT2D eigenvalue weighted by molar-refractivity contribution is 1.05. The van der Waals surface area contributed by atoms with Crippen LogP contribution in [0.3, 0.4) is 0 Å². The van der Waals surface area contributed by atoms with E-state index in [0.29, 0.717) is 12.4 Å². The van der Waals surface area contributed by atoms with Crippen LogP contribution >= 0.6 is 11.6 Å². The van der Waals surface area contributed by atoms with Gasteiger partial charge in [-0.1, -0.05) is 30.3 Å². The number of benzene rings is 1. The minimum Gasteiger partial charge on any atom is -0.364 e. The van der Waals surface area contributed by atoms with Crippen molar-refractivity contribution in [1.82, 2.24) is 9.97 Å². The number of nitrogens with one attached hydrogen (secondary N) is 1. The lowest BCUT2D eigenvalue weighted by atomic mass is 10.2. The monoisotopic (exact) mass is 258 g/mol. The number of aromatic nitrogens is 2. The van der Waals surface area contributed by atoms with Crippen LogP contribution in [-0.4, -0.2) is 16.2 Å². The summed E-state index contributed by atoms with van der Waals surface area (Å²) < 4.78 is 0. The molecular formula is C13H11ClN4. The van der Waals surface area contributed by atoms with Crippen LogP contribution in [0.5, 0.6) is 0 Å². The van der Waals surface area contributed by atoms with Crippen LogP contribution < -0.4 is 5.32 Å². The Kier molecular flexibility index (Phi) is 2.94. The summed E-state index contributed by atoms with van der Waals surface area (Å²) >= 11 is 5.89. The summed E-state index contributed by atoms with van der Waals surface area (Å²) in [6, 6.07) is 10.1. The van der Waals surface area contributed by atoms with E-state index < -0.39 is 0 Å². The molecule has 0 radical (unpaired) electrons. The molecule has 0 saturated heterocycles. The Balaban J connectivity index is 1.83. The van der Waals surface area contributed by atoms with Crippen LogP contribution in [0.25, 0.3) is 0 Å². The van der Waals surface area contributed by atoms with Crippen LogP contribution in [0.15, 0.2) is 35.3 Å². The van der Waals surface area contributed by atoms with E-state index in [1.165, 1.54) is 5.56 Å². The molecule has 0 spiro atoms. The van der Waals surface area contributed by atoms with Gasteiger partial charge in [0.05, 0.1) is 5.69 Å². The third-order valence-corrected chi connectivity index (χ3v) is 2.91. The standard InChI is InChI=1S/C13H11ClN4/c14-13-17-10-6-7-15-11(10)12(18-13)16-8-9-4-2-1-3-5-9/h1-5,7H,6,8H2,(H,16,17,18). The molecule has 2 aromatic rings. The Morgan fingerprint density at radius 2 is 2.00 bits per heavy atom. The molecule has 2 heterocycles. The van der Waals surface area contributed by atoms with Gasteiger partial charge in [0.2, 0.25) is 5.28 Å². The third kappa shape index (κ3) is 2.19. The molecule has 0 bridgehead atoms. The van der Waals surface area contributed by atoms with Gasteiger partial charge in [0, 0.05) is 19.2 Å². The topological polar surface area (TPSA) is 50.2 Å². The number of nitrogens with zero attached hydrogens (tertiary/aromatic N) is 3. The fourth-order valence-electron chi connectivity index (χ4n) is 1.88. The maximum absolute atomic E-state index is 5.89. The van der Waals surface area contributed by atoms with Gasteiger partial charge in [0.25, 0.3) is 0 Å². The molecule has 18 heavy (non-hydrogen) atoms. The van der Waals surface area contributed by atoms with Crippen molar-refractivity contribution in [3.05, 3.63) is 46.9 Å². The maximum Gasteiger partial charge on any atom is 0.224 e. The molecule has 0 amide bonds. The van der Waals surface area contributed by atoms with Crippen LogP contribution in [0.4, 0.5) is 11.5 Å². The molecule has 1 aromatic carbocycles. The van der Waals surface area contributed by atoms with Gasteiger partial charge >= 0.3 is 0 Å². The number of hydrogen-bond donors (Lipinski definition) is 1. The number of fused-ring (bicyclic) bond motifs is 1. The molecule has 1 aliphatic heterocycles. The molecule has 1 aromatic heterocycles. The Morgan fingerprint density at radius 3 is 2.83 bits per heavy atom. The lowest BCUT2D eigenvalue weighted by Gasteiger charge is -2.09. The highest BCUT2D eigenvalue weighted by molar-refractivity contribution is 6.28. The van der Waals surface area contributed by atoms with Crippen LogP contribution in [0.2, 0.25) is 5.28 Å². The summed E-state index contributed by atoms with van der Waals surface area (Å²) in [5, 5.41) is 3.51. The Morgan fingerprint density at radius 1 is 1.17 bits per heavy atom. The van der Waals surface area contributed by atoms with E-state index in [9.17, 15) is 0 Å². The van der Waals surface area contributed by atoms with Gasteiger partial charge in [-0.05, 0) is 17.2 Å². The van der Waals surface area contributed by atoms with Gasteiger partial charge in [0.1, 0.15) is 5.69 Å². The highest BCUT2D eigenvalue weighted by atomic mass is 35.5. The van der Waals surface area contributed by atoms with Crippen molar-refractivity contribution in [3.8, 4) is 0 Å². The first kappa shape index (κ1) is 11.2. The maximum atomic E-state index is 5.89. The molecule has 0 saturated carbocycles. The average Bonchev–Trinajstić information content (AvgIpc) is 2.85. The average molecular weight is 259 g/mol. The number of anilines is 1. The van der Waals surface area contributed by atoms with Gasteiger partial charge in [-0.2, -0.15) is 4.98 Å². The summed E-state index contributed by atoms with van der Waals surface area (Å²) in [6.07, 6.45) is 2.54. The zero-order chi connectivity index (χ0) is 12.4. The van der Waals surface area contributed by atoms with Crippen LogP contribution in [-0.2, 0) is 13.0 Å². The SMILES string of the molecule is Clc1nc2c(c(NCc3ccccc3)n1)N=CC2.